The van der Waals surface area contributed by atoms with Crippen molar-refractivity contribution in [2.75, 3.05) is 49.7 Å². The van der Waals surface area contributed by atoms with Gasteiger partial charge in [-0.15, -0.1) is 0 Å². The molecule has 1 N–H and O–H groups in total. The lowest BCUT2D eigenvalue weighted by atomic mass is 9.90. The lowest BCUT2D eigenvalue weighted by Crippen LogP contribution is -2.45. The molecule has 1 atom stereocenters. The van der Waals surface area contributed by atoms with E-state index in [1.54, 1.807) is 32.0 Å². The SMILES string of the molecule is Cc1c(F)cccc1OCC1(C)CC(=O)c2c(NCC(F)(F)F)cc(N3CCOCC3)cc2O1. The number of carbonyl (C=O) groups is 1. The van der Waals surface area contributed by atoms with E-state index < -0.39 is 24.1 Å². The Morgan fingerprint density at radius 3 is 2.65 bits per heavy atom. The number of benzene rings is 2. The van der Waals surface area contributed by atoms with E-state index in [4.69, 9.17) is 14.2 Å². The fraction of sp³-hybridized carbons (Fsp3) is 0.458. The van der Waals surface area contributed by atoms with Crippen molar-refractivity contribution in [3.63, 3.8) is 0 Å². The van der Waals surface area contributed by atoms with Crippen LogP contribution >= 0.6 is 0 Å². The molecular weight excluding hydrogens is 456 g/mol. The van der Waals surface area contributed by atoms with Gasteiger partial charge in [0.15, 0.2) is 5.78 Å². The average Bonchev–Trinajstić information content (AvgIpc) is 2.78. The Morgan fingerprint density at radius 1 is 1.21 bits per heavy atom. The van der Waals surface area contributed by atoms with Gasteiger partial charge in [-0.3, -0.25) is 4.79 Å². The summed E-state index contributed by atoms with van der Waals surface area (Å²) in [7, 11) is 0. The fourth-order valence-electron chi connectivity index (χ4n) is 4.09. The van der Waals surface area contributed by atoms with Gasteiger partial charge in [0.25, 0.3) is 0 Å². The topological polar surface area (TPSA) is 60.0 Å². The van der Waals surface area contributed by atoms with Gasteiger partial charge in [0.05, 0.1) is 30.9 Å². The summed E-state index contributed by atoms with van der Waals surface area (Å²) < 4.78 is 69.9. The number of anilines is 2. The van der Waals surface area contributed by atoms with Gasteiger partial charge in [0.1, 0.15) is 36.1 Å². The number of rotatable bonds is 6. The van der Waals surface area contributed by atoms with Crippen LogP contribution in [0.15, 0.2) is 30.3 Å². The van der Waals surface area contributed by atoms with Crippen molar-refractivity contribution in [3.05, 3.63) is 47.3 Å². The number of carbonyl (C=O) groups excluding carboxylic acids is 1. The van der Waals surface area contributed by atoms with Crippen LogP contribution < -0.4 is 19.7 Å². The third-order valence-electron chi connectivity index (χ3n) is 5.86. The van der Waals surface area contributed by atoms with Crippen LogP contribution in [-0.2, 0) is 4.74 Å². The van der Waals surface area contributed by atoms with Crippen molar-refractivity contribution >= 4 is 17.2 Å². The first-order valence-corrected chi connectivity index (χ1v) is 11.0. The zero-order valence-electron chi connectivity index (χ0n) is 18.9. The van der Waals surface area contributed by atoms with E-state index in [1.165, 1.54) is 12.1 Å². The minimum absolute atomic E-state index is 0.0461. The van der Waals surface area contributed by atoms with Crippen molar-refractivity contribution in [2.45, 2.75) is 32.0 Å². The Balaban J connectivity index is 1.63. The molecule has 0 spiro atoms. The van der Waals surface area contributed by atoms with Gasteiger partial charge in [-0.1, -0.05) is 6.07 Å². The van der Waals surface area contributed by atoms with Gasteiger partial charge >= 0.3 is 6.18 Å². The Hall–Kier alpha value is -3.01. The number of hydrogen-bond donors (Lipinski definition) is 1. The number of halogens is 4. The molecule has 2 aromatic rings. The number of fused-ring (bicyclic) bond motifs is 1. The molecule has 0 radical (unpaired) electrons. The average molecular weight is 482 g/mol. The van der Waals surface area contributed by atoms with E-state index in [0.717, 1.165) is 0 Å². The summed E-state index contributed by atoms with van der Waals surface area (Å²) in [5.41, 5.74) is 0.0341. The molecule has 184 valence electrons. The zero-order chi connectivity index (χ0) is 24.5. The number of nitrogens with zero attached hydrogens (tertiary/aromatic N) is 1. The number of Topliss-reactive ketones (excluding diaryl/α,β-unsaturated/α-hetero) is 1. The lowest BCUT2D eigenvalue weighted by Gasteiger charge is -2.37. The van der Waals surface area contributed by atoms with Gasteiger partial charge in [-0.2, -0.15) is 13.2 Å². The number of ketones is 1. The number of ether oxygens (including phenoxy) is 3. The molecule has 10 heteroatoms. The van der Waals surface area contributed by atoms with E-state index in [-0.39, 0.29) is 35.8 Å². The van der Waals surface area contributed by atoms with E-state index >= 15 is 0 Å². The van der Waals surface area contributed by atoms with Crippen LogP contribution in [0.2, 0.25) is 0 Å². The highest BCUT2D eigenvalue weighted by atomic mass is 19.4. The lowest BCUT2D eigenvalue weighted by molar-refractivity contribution is -0.115. The largest absolute Gasteiger partial charge is 0.489 e. The number of hydrogen-bond acceptors (Lipinski definition) is 6. The van der Waals surface area contributed by atoms with Crippen molar-refractivity contribution < 1.29 is 36.6 Å². The quantitative estimate of drug-likeness (QED) is 0.600. The van der Waals surface area contributed by atoms with E-state index in [1.807, 2.05) is 4.90 Å². The molecule has 6 nitrogen and oxygen atoms in total. The smallest absolute Gasteiger partial charge is 0.405 e. The van der Waals surface area contributed by atoms with Crippen molar-refractivity contribution in [3.8, 4) is 11.5 Å². The van der Waals surface area contributed by atoms with Gasteiger partial charge in [-0.05, 0) is 32.0 Å². The third kappa shape index (κ3) is 5.38. The zero-order valence-corrected chi connectivity index (χ0v) is 18.9. The third-order valence-corrected chi connectivity index (χ3v) is 5.86. The summed E-state index contributed by atoms with van der Waals surface area (Å²) in [5, 5.41) is 2.36. The second kappa shape index (κ2) is 9.32. The molecule has 0 amide bonds. The molecule has 0 aliphatic carbocycles. The first-order chi connectivity index (χ1) is 16.0. The van der Waals surface area contributed by atoms with Crippen LogP contribution in [0.3, 0.4) is 0 Å². The summed E-state index contributed by atoms with van der Waals surface area (Å²) in [6.07, 6.45) is -4.56. The summed E-state index contributed by atoms with van der Waals surface area (Å²) in [5.74, 6) is -0.254. The summed E-state index contributed by atoms with van der Waals surface area (Å²) in [4.78, 5) is 15.1. The maximum atomic E-state index is 13.9. The normalized spacial score (nSPS) is 20.5. The highest BCUT2D eigenvalue weighted by Gasteiger charge is 2.40. The van der Waals surface area contributed by atoms with Crippen LogP contribution in [0.4, 0.5) is 28.9 Å². The molecule has 2 heterocycles. The van der Waals surface area contributed by atoms with Gasteiger partial charge in [0.2, 0.25) is 0 Å². The highest BCUT2D eigenvalue weighted by Crippen LogP contribution is 2.41. The van der Waals surface area contributed by atoms with Crippen LogP contribution in [0.1, 0.15) is 29.3 Å². The maximum Gasteiger partial charge on any atom is 0.405 e. The number of nitrogens with one attached hydrogen (secondary N) is 1. The second-order valence-corrected chi connectivity index (χ2v) is 8.74. The molecule has 34 heavy (non-hydrogen) atoms. The minimum Gasteiger partial charge on any atom is -0.489 e. The summed E-state index contributed by atoms with van der Waals surface area (Å²) >= 11 is 0. The monoisotopic (exact) mass is 482 g/mol. The van der Waals surface area contributed by atoms with E-state index in [0.29, 0.717) is 43.3 Å². The molecule has 2 aliphatic heterocycles. The molecule has 0 bridgehead atoms. The van der Waals surface area contributed by atoms with Crippen molar-refractivity contribution in [2.24, 2.45) is 0 Å². The minimum atomic E-state index is -4.45. The Labute approximate surface area is 194 Å². The van der Waals surface area contributed by atoms with E-state index in [2.05, 4.69) is 5.32 Å². The van der Waals surface area contributed by atoms with Gasteiger partial charge in [-0.25, -0.2) is 4.39 Å². The Morgan fingerprint density at radius 2 is 1.94 bits per heavy atom. The first-order valence-electron chi connectivity index (χ1n) is 11.0. The Kier molecular flexibility index (Phi) is 6.62. The number of alkyl halides is 3. The Bertz CT molecular complexity index is 1070. The molecule has 0 aromatic heterocycles. The molecule has 2 aromatic carbocycles. The number of morpholine rings is 1. The molecule has 1 unspecified atom stereocenters. The summed E-state index contributed by atoms with van der Waals surface area (Å²) in [6, 6.07) is 7.68. The predicted molar refractivity (Wildman–Crippen MR) is 119 cm³/mol. The van der Waals surface area contributed by atoms with Crippen LogP contribution in [0.25, 0.3) is 0 Å². The predicted octanol–water partition coefficient (Wildman–Crippen LogP) is 4.75. The standard InChI is InChI=1S/C24H26F4N2O4/c1-15-17(25)4-3-5-20(15)33-14-23(2)12-19(31)22-18(29-13-24(26,27)28)10-16(11-21(22)34-23)30-6-8-32-9-7-30/h3-5,10-11,29H,6-9,12-14H2,1-2H3. The molecule has 2 aliphatic rings. The first kappa shape index (κ1) is 24.1. The maximum absolute atomic E-state index is 13.9. The molecule has 4 rings (SSSR count). The van der Waals surface area contributed by atoms with Crippen molar-refractivity contribution in [1.82, 2.24) is 0 Å². The molecule has 1 saturated heterocycles. The van der Waals surface area contributed by atoms with Crippen molar-refractivity contribution in [1.29, 1.82) is 0 Å². The van der Waals surface area contributed by atoms with Gasteiger partial charge < -0.3 is 24.4 Å². The van der Waals surface area contributed by atoms with Crippen LogP contribution in [0.5, 0.6) is 11.5 Å². The fourth-order valence-corrected chi connectivity index (χ4v) is 4.09. The van der Waals surface area contributed by atoms with Crippen LogP contribution in [0, 0.1) is 12.7 Å². The van der Waals surface area contributed by atoms with E-state index in [9.17, 15) is 22.4 Å². The second-order valence-electron chi connectivity index (χ2n) is 8.74. The van der Waals surface area contributed by atoms with Crippen LogP contribution in [-0.4, -0.2) is 57.0 Å². The highest BCUT2D eigenvalue weighted by molar-refractivity contribution is 6.06. The molecular formula is C24H26F4N2O4. The summed E-state index contributed by atoms with van der Waals surface area (Å²) in [6.45, 7) is 4.04. The molecule has 1 fully saturated rings. The van der Waals surface area contributed by atoms with Gasteiger partial charge in [0, 0.05) is 30.4 Å². The molecule has 0 saturated carbocycles.